The summed E-state index contributed by atoms with van der Waals surface area (Å²) in [6.45, 7) is 0. The van der Waals surface area contributed by atoms with Crippen LogP contribution in [-0.4, -0.2) is 37.1 Å². The predicted molar refractivity (Wildman–Crippen MR) is 132 cm³/mol. The maximum Gasteiger partial charge on any atom is 0.159 e. The molecule has 6 rings (SSSR count). The van der Waals surface area contributed by atoms with Gasteiger partial charge in [0, 0.05) is 53.6 Å². The van der Waals surface area contributed by atoms with Gasteiger partial charge in [-0.15, -0.1) is 0 Å². The van der Waals surface area contributed by atoms with Gasteiger partial charge in [-0.2, -0.15) is 10.2 Å². The van der Waals surface area contributed by atoms with Crippen molar-refractivity contribution in [3.63, 3.8) is 0 Å². The molecule has 0 unspecified atom stereocenters. The van der Waals surface area contributed by atoms with E-state index in [2.05, 4.69) is 26.3 Å². The van der Waals surface area contributed by atoms with Crippen molar-refractivity contribution in [1.29, 1.82) is 0 Å². The first-order chi connectivity index (χ1) is 17.0. The molecule has 3 aromatic heterocycles. The highest BCUT2D eigenvalue weighted by molar-refractivity contribution is 5.95. The fourth-order valence-corrected chi connectivity index (χ4v) is 4.42. The predicted octanol–water partition coefficient (Wildman–Crippen LogP) is 4.33. The largest absolute Gasteiger partial charge is 0.497 e. The number of rotatable bonds is 4. The van der Waals surface area contributed by atoms with E-state index >= 15 is 0 Å². The molecule has 8 nitrogen and oxygen atoms in total. The van der Waals surface area contributed by atoms with Gasteiger partial charge in [0.1, 0.15) is 17.3 Å². The van der Waals surface area contributed by atoms with Crippen LogP contribution in [0.25, 0.3) is 39.1 Å². The van der Waals surface area contributed by atoms with Crippen LogP contribution in [0.15, 0.2) is 66.6 Å². The minimum absolute atomic E-state index is 0.389. The molecule has 3 heterocycles. The van der Waals surface area contributed by atoms with Gasteiger partial charge in [0.15, 0.2) is 5.82 Å². The fraction of sp³-hybridized carbons (Fsp3) is 0.115. The van der Waals surface area contributed by atoms with Crippen molar-refractivity contribution >= 4 is 16.5 Å². The van der Waals surface area contributed by atoms with E-state index in [0.717, 1.165) is 33.3 Å². The van der Waals surface area contributed by atoms with Gasteiger partial charge in [-0.3, -0.25) is 9.78 Å². The van der Waals surface area contributed by atoms with Crippen molar-refractivity contribution in [2.75, 3.05) is 7.11 Å². The van der Waals surface area contributed by atoms with Crippen molar-refractivity contribution in [1.82, 2.24) is 29.9 Å². The fourth-order valence-electron chi connectivity index (χ4n) is 4.42. The van der Waals surface area contributed by atoms with Crippen LogP contribution in [0.5, 0.6) is 5.75 Å². The standard InChI is InChI=1S/C26H22FN7O/c1-34-13-16(12-29-34)14-3-6-22-21(9-14)25(33-32-22)26-30-23-11-18(28)4-5-20(24(23)31-26)15-7-17(27)10-19(8-15)35-2/h3-10,12-13H,11,28H2,1-2H3,(H,30,31)(H,32,33). The van der Waals surface area contributed by atoms with Gasteiger partial charge in [0.25, 0.3) is 0 Å². The third kappa shape index (κ3) is 3.67. The van der Waals surface area contributed by atoms with Crippen molar-refractivity contribution in [2.45, 2.75) is 6.42 Å². The third-order valence-electron chi connectivity index (χ3n) is 6.12. The zero-order valence-electron chi connectivity index (χ0n) is 19.1. The number of ether oxygens (including phenoxy) is 1. The maximum absolute atomic E-state index is 14.3. The Bertz CT molecular complexity index is 1650. The molecule has 0 amide bonds. The number of allylic oxidation sites excluding steroid dienone is 3. The summed E-state index contributed by atoms with van der Waals surface area (Å²) < 4.78 is 21.4. The minimum atomic E-state index is -0.389. The average molecular weight is 468 g/mol. The van der Waals surface area contributed by atoms with E-state index in [0.29, 0.717) is 40.6 Å². The van der Waals surface area contributed by atoms with Crippen molar-refractivity contribution in [3.8, 4) is 28.4 Å². The second kappa shape index (κ2) is 7.98. The average Bonchev–Trinajstić information content (AvgIpc) is 3.55. The van der Waals surface area contributed by atoms with Crippen molar-refractivity contribution in [3.05, 3.63) is 89.4 Å². The van der Waals surface area contributed by atoms with Gasteiger partial charge >= 0.3 is 0 Å². The van der Waals surface area contributed by atoms with Gasteiger partial charge in [-0.25, -0.2) is 9.37 Å². The molecule has 4 N–H and O–H groups in total. The van der Waals surface area contributed by atoms with E-state index < -0.39 is 0 Å². The summed E-state index contributed by atoms with van der Waals surface area (Å²) >= 11 is 0. The summed E-state index contributed by atoms with van der Waals surface area (Å²) in [5.74, 6) is 0.647. The van der Waals surface area contributed by atoms with E-state index in [-0.39, 0.29) is 5.82 Å². The lowest BCUT2D eigenvalue weighted by atomic mass is 10.0. The number of aromatic nitrogens is 6. The molecule has 0 aliphatic heterocycles. The number of H-pyrrole nitrogens is 2. The lowest BCUT2D eigenvalue weighted by Gasteiger charge is -2.08. The number of aromatic amines is 2. The summed E-state index contributed by atoms with van der Waals surface area (Å²) in [7, 11) is 3.40. The zero-order valence-corrected chi connectivity index (χ0v) is 19.1. The van der Waals surface area contributed by atoms with Crippen molar-refractivity contribution < 1.29 is 9.13 Å². The summed E-state index contributed by atoms with van der Waals surface area (Å²) in [6.07, 6.45) is 7.97. The van der Waals surface area contributed by atoms with E-state index in [1.165, 1.54) is 19.2 Å². The molecular weight excluding hydrogens is 445 g/mol. The quantitative estimate of drug-likeness (QED) is 0.364. The molecule has 0 spiro atoms. The molecule has 2 aromatic carbocycles. The molecule has 1 aliphatic carbocycles. The lowest BCUT2D eigenvalue weighted by Crippen LogP contribution is -2.01. The SMILES string of the molecule is COc1cc(F)cc(C2=CC=C(N)Cc3[nH]c(-c4n[nH]c5ccc(-c6cnn(C)c6)cc45)nc32)c1. The Morgan fingerprint density at radius 2 is 1.94 bits per heavy atom. The highest BCUT2D eigenvalue weighted by Gasteiger charge is 2.22. The number of halogens is 1. The molecule has 0 bridgehead atoms. The van der Waals surface area contributed by atoms with Gasteiger partial charge in [-0.1, -0.05) is 12.1 Å². The molecule has 0 radical (unpaired) electrons. The Kier molecular flexibility index (Phi) is 4.77. The molecule has 0 fully saturated rings. The van der Waals surface area contributed by atoms with Crippen LogP contribution in [-0.2, 0) is 13.5 Å². The number of fused-ring (bicyclic) bond motifs is 2. The Morgan fingerprint density at radius 3 is 2.74 bits per heavy atom. The maximum atomic E-state index is 14.3. The molecule has 0 saturated carbocycles. The Hall–Kier alpha value is -4.66. The van der Waals surface area contributed by atoms with E-state index in [1.807, 2.05) is 43.7 Å². The van der Waals surface area contributed by atoms with Gasteiger partial charge < -0.3 is 15.5 Å². The number of imidazole rings is 1. The smallest absolute Gasteiger partial charge is 0.159 e. The first kappa shape index (κ1) is 20.9. The number of nitrogens with two attached hydrogens (primary N) is 1. The minimum Gasteiger partial charge on any atom is -0.497 e. The van der Waals surface area contributed by atoms with Crippen molar-refractivity contribution in [2.24, 2.45) is 12.8 Å². The zero-order chi connectivity index (χ0) is 24.1. The monoisotopic (exact) mass is 467 g/mol. The highest BCUT2D eigenvalue weighted by atomic mass is 19.1. The van der Waals surface area contributed by atoms with E-state index in [1.54, 1.807) is 10.7 Å². The number of aryl methyl sites for hydroxylation is 1. The van der Waals surface area contributed by atoms with Crippen LogP contribution in [0.1, 0.15) is 17.0 Å². The first-order valence-corrected chi connectivity index (χ1v) is 11.1. The third-order valence-corrected chi connectivity index (χ3v) is 6.12. The molecule has 9 heteroatoms. The van der Waals surface area contributed by atoms with Gasteiger partial charge in [0.05, 0.1) is 24.5 Å². The Balaban J connectivity index is 1.48. The molecule has 1 aliphatic rings. The van der Waals surface area contributed by atoms with E-state index in [9.17, 15) is 4.39 Å². The number of hydrogen-bond acceptors (Lipinski definition) is 5. The number of nitrogens with one attached hydrogen (secondary N) is 2. The molecule has 0 saturated heterocycles. The van der Waals surface area contributed by atoms with Gasteiger partial charge in [-0.05, 0) is 41.5 Å². The second-order valence-corrected chi connectivity index (χ2v) is 8.53. The highest BCUT2D eigenvalue weighted by Crippen LogP contribution is 2.35. The normalized spacial score (nSPS) is 13.3. The number of hydrogen-bond donors (Lipinski definition) is 3. The first-order valence-electron chi connectivity index (χ1n) is 11.1. The second-order valence-electron chi connectivity index (χ2n) is 8.53. The number of methoxy groups -OCH3 is 1. The Morgan fingerprint density at radius 1 is 1.06 bits per heavy atom. The molecule has 0 atom stereocenters. The molecule has 5 aromatic rings. The summed E-state index contributed by atoms with van der Waals surface area (Å²) in [6, 6.07) is 10.7. The van der Waals surface area contributed by atoms with Crippen LogP contribution >= 0.6 is 0 Å². The number of benzene rings is 2. The van der Waals surface area contributed by atoms with Crippen LogP contribution in [0.2, 0.25) is 0 Å². The lowest BCUT2D eigenvalue weighted by molar-refractivity contribution is 0.411. The summed E-state index contributed by atoms with van der Waals surface area (Å²) in [4.78, 5) is 8.32. The van der Waals surface area contributed by atoms with Crippen LogP contribution in [0.3, 0.4) is 0 Å². The summed E-state index contributed by atoms with van der Waals surface area (Å²) in [5, 5.41) is 12.8. The van der Waals surface area contributed by atoms with Gasteiger partial charge in [0.2, 0.25) is 0 Å². The summed E-state index contributed by atoms with van der Waals surface area (Å²) in [5.41, 5.74) is 13.4. The molecule has 35 heavy (non-hydrogen) atoms. The Labute approximate surface area is 200 Å². The van der Waals surface area contributed by atoms with E-state index in [4.69, 9.17) is 15.5 Å². The van der Waals surface area contributed by atoms with Crippen LogP contribution < -0.4 is 10.5 Å². The molecule has 174 valence electrons. The molecular formula is C26H22FN7O. The van der Waals surface area contributed by atoms with Crippen LogP contribution in [0.4, 0.5) is 4.39 Å². The topological polar surface area (TPSA) is 110 Å². The van der Waals surface area contributed by atoms with Crippen LogP contribution in [0, 0.1) is 5.82 Å². The number of nitrogens with zero attached hydrogens (tertiary/aromatic N) is 4.